The highest BCUT2D eigenvalue weighted by atomic mass is 79.9. The fraction of sp³-hybridized carbons (Fsp3) is 0.0118. The molecule has 0 fully saturated rings. The Balaban J connectivity index is 0.000000146. The van der Waals surface area contributed by atoms with Gasteiger partial charge in [-0.3, -0.25) is 0 Å². The third-order valence-electron chi connectivity index (χ3n) is 17.1. The first-order valence-corrected chi connectivity index (χ1v) is 32.3. The van der Waals surface area contributed by atoms with Crippen LogP contribution in [-0.4, -0.2) is 9.13 Å². The van der Waals surface area contributed by atoms with Crippen molar-refractivity contribution in [2.45, 2.75) is 6.42 Å². The molecular formula is C85H60Br2N4. The smallest absolute Gasteiger partial charge is 0.0541 e. The Morgan fingerprint density at radius 1 is 0.242 bits per heavy atom. The molecule has 0 saturated heterocycles. The van der Waals surface area contributed by atoms with Crippen molar-refractivity contribution in [3.8, 4) is 11.4 Å². The zero-order valence-electron chi connectivity index (χ0n) is 49.7. The maximum absolute atomic E-state index is 3.58. The molecule has 17 aromatic rings. The third-order valence-corrected chi connectivity index (χ3v) is 18.0. The Labute approximate surface area is 546 Å². The molecule has 0 amide bonds. The number of anilines is 6. The van der Waals surface area contributed by atoms with Crippen molar-refractivity contribution in [3.05, 3.63) is 372 Å². The monoisotopic (exact) mass is 1290 g/mol. The summed E-state index contributed by atoms with van der Waals surface area (Å²) in [4.78, 5) is 4.82. The fourth-order valence-electron chi connectivity index (χ4n) is 13.1. The van der Waals surface area contributed by atoms with Crippen molar-refractivity contribution in [1.82, 2.24) is 9.13 Å². The molecule has 2 aromatic heterocycles. The van der Waals surface area contributed by atoms with Crippen LogP contribution in [0, 0.1) is 0 Å². The summed E-state index contributed by atoms with van der Waals surface area (Å²) in [6.45, 7) is 0. The van der Waals surface area contributed by atoms with E-state index in [0.717, 1.165) is 60.9 Å². The number of rotatable bonds is 10. The highest BCUT2D eigenvalue weighted by Gasteiger charge is 2.23. The van der Waals surface area contributed by atoms with Gasteiger partial charge in [0.15, 0.2) is 0 Å². The first kappa shape index (κ1) is 56.7. The number of hydrogen-bond acceptors (Lipinski definition) is 2. The Hall–Kier alpha value is -10.8. The second-order valence-corrected chi connectivity index (χ2v) is 24.5. The van der Waals surface area contributed by atoms with E-state index >= 15 is 0 Å². The van der Waals surface area contributed by atoms with Gasteiger partial charge < -0.3 is 18.9 Å². The first-order chi connectivity index (χ1) is 45.0. The molecule has 0 atom stereocenters. The number of halogens is 2. The molecule has 0 radical (unpaired) electrons. The van der Waals surface area contributed by atoms with Gasteiger partial charge in [-0.25, -0.2) is 0 Å². The number of nitrogens with zero attached hydrogens (tertiary/aromatic N) is 4. The molecule has 2 heterocycles. The first-order valence-electron chi connectivity index (χ1n) is 30.7. The van der Waals surface area contributed by atoms with Crippen molar-refractivity contribution in [1.29, 1.82) is 0 Å². The molecule has 0 spiro atoms. The van der Waals surface area contributed by atoms with Crippen LogP contribution >= 0.6 is 31.9 Å². The topological polar surface area (TPSA) is 16.3 Å². The van der Waals surface area contributed by atoms with Crippen LogP contribution < -0.4 is 9.80 Å². The van der Waals surface area contributed by atoms with Crippen molar-refractivity contribution >= 4 is 142 Å². The second-order valence-electron chi connectivity index (χ2n) is 22.7. The van der Waals surface area contributed by atoms with Crippen molar-refractivity contribution < 1.29 is 0 Å². The van der Waals surface area contributed by atoms with E-state index in [1.807, 2.05) is 0 Å². The van der Waals surface area contributed by atoms with E-state index in [-0.39, 0.29) is 0 Å². The lowest BCUT2D eigenvalue weighted by atomic mass is 9.99. The maximum atomic E-state index is 3.58. The van der Waals surface area contributed by atoms with E-state index in [1.54, 1.807) is 0 Å². The zero-order chi connectivity index (χ0) is 61.0. The summed E-state index contributed by atoms with van der Waals surface area (Å²) in [6.07, 6.45) is 1.00. The number of hydrogen-bond donors (Lipinski definition) is 0. The lowest BCUT2D eigenvalue weighted by Gasteiger charge is -2.31. The lowest BCUT2D eigenvalue weighted by molar-refractivity contribution is 1.16. The summed E-state index contributed by atoms with van der Waals surface area (Å²) in [6, 6.07) is 126. The largest absolute Gasteiger partial charge is 0.310 e. The standard InChI is InChI=1S/C50H35N3.C18H11Br2N.C17H14/c1-3-21-38(22-4-1)51(47-31-15-19-36-17-7-9-25-43(36)47)40-33-41(35-42(34-40)53-49-29-13-11-27-45(49)46-28-12-14-30-50(46)53)52(39-23-5-2-6-24-39)48-32-16-20-37-18-8-10-26-44(37)48;19-12-9-13(20)11-14(10-12)21-17-7-3-1-5-15(17)16-6-2-4-8-18(16)21;1-2-7-14(8-3-1)13-16-11-6-10-15-9-4-5-12-17(15)16/h1-35H;1-11H;1-12H,13H2. The van der Waals surface area contributed by atoms with Gasteiger partial charge in [-0.05, 0) is 136 Å². The van der Waals surface area contributed by atoms with Crippen LogP contribution in [0.4, 0.5) is 34.1 Å². The number of para-hydroxylation sites is 6. The van der Waals surface area contributed by atoms with Crippen molar-refractivity contribution in [2.24, 2.45) is 0 Å². The predicted octanol–water partition coefficient (Wildman–Crippen LogP) is 24.8. The number of fused-ring (bicyclic) bond motifs is 9. The number of aromatic nitrogens is 2. The predicted molar refractivity (Wildman–Crippen MR) is 395 cm³/mol. The van der Waals surface area contributed by atoms with Gasteiger partial charge in [0, 0.05) is 58.3 Å². The molecule has 0 aliphatic heterocycles. The summed E-state index contributed by atoms with van der Waals surface area (Å²) in [5, 5.41) is 12.5. The minimum absolute atomic E-state index is 1.00. The number of benzene rings is 15. The Bertz CT molecular complexity index is 5160. The Kier molecular flexibility index (Phi) is 15.8. The van der Waals surface area contributed by atoms with Crippen LogP contribution in [0.5, 0.6) is 0 Å². The lowest BCUT2D eigenvalue weighted by Crippen LogP contribution is -2.15. The van der Waals surface area contributed by atoms with E-state index in [4.69, 9.17) is 0 Å². The molecule has 91 heavy (non-hydrogen) atoms. The van der Waals surface area contributed by atoms with Gasteiger partial charge in [0.25, 0.3) is 0 Å². The van der Waals surface area contributed by atoms with Gasteiger partial charge in [-0.1, -0.05) is 287 Å². The van der Waals surface area contributed by atoms with Gasteiger partial charge >= 0.3 is 0 Å². The third kappa shape index (κ3) is 11.3. The van der Waals surface area contributed by atoms with Gasteiger partial charge in [0.2, 0.25) is 0 Å². The van der Waals surface area contributed by atoms with E-state index in [1.165, 1.54) is 87.1 Å². The maximum Gasteiger partial charge on any atom is 0.0541 e. The summed E-state index contributed by atoms with van der Waals surface area (Å²) in [5.41, 5.74) is 16.3. The van der Waals surface area contributed by atoms with E-state index in [0.29, 0.717) is 0 Å². The highest BCUT2D eigenvalue weighted by Crippen LogP contribution is 2.46. The fourth-order valence-corrected chi connectivity index (χ4v) is 14.4. The second kappa shape index (κ2) is 25.4. The summed E-state index contributed by atoms with van der Waals surface area (Å²) >= 11 is 7.17. The highest BCUT2D eigenvalue weighted by molar-refractivity contribution is 9.11. The Morgan fingerprint density at radius 2 is 0.560 bits per heavy atom. The normalized spacial score (nSPS) is 11.2. The van der Waals surface area contributed by atoms with Crippen molar-refractivity contribution in [3.63, 3.8) is 0 Å². The van der Waals surface area contributed by atoms with Crippen LogP contribution in [0.15, 0.2) is 361 Å². The molecule has 6 heteroatoms. The van der Waals surface area contributed by atoms with Crippen LogP contribution in [0.3, 0.4) is 0 Å². The molecule has 0 aliphatic rings. The summed E-state index contributed by atoms with van der Waals surface area (Å²) in [7, 11) is 0. The van der Waals surface area contributed by atoms with Gasteiger partial charge in [-0.15, -0.1) is 0 Å². The average molecular weight is 1300 g/mol. The minimum atomic E-state index is 1.00. The van der Waals surface area contributed by atoms with Gasteiger partial charge in [-0.2, -0.15) is 0 Å². The molecule has 15 aromatic carbocycles. The van der Waals surface area contributed by atoms with Crippen LogP contribution in [0.1, 0.15) is 11.1 Å². The van der Waals surface area contributed by atoms with Gasteiger partial charge in [0.1, 0.15) is 0 Å². The van der Waals surface area contributed by atoms with Crippen LogP contribution in [0.2, 0.25) is 0 Å². The average Bonchev–Trinajstić information content (AvgIpc) is 1.80. The van der Waals surface area contributed by atoms with E-state index in [9.17, 15) is 0 Å². The molecule has 434 valence electrons. The summed E-state index contributed by atoms with van der Waals surface area (Å²) < 4.78 is 6.86. The molecule has 0 unspecified atom stereocenters. The van der Waals surface area contributed by atoms with E-state index < -0.39 is 0 Å². The molecular weight excluding hydrogens is 1240 g/mol. The molecule has 17 rings (SSSR count). The molecule has 4 nitrogen and oxygen atoms in total. The Morgan fingerprint density at radius 3 is 0.989 bits per heavy atom. The van der Waals surface area contributed by atoms with E-state index in [2.05, 4.69) is 403 Å². The SMILES string of the molecule is Brc1cc(Br)cc(-n2c3ccccc3c3ccccc32)c1.c1ccc(Cc2cccc3ccccc23)cc1.c1ccc(N(c2cc(N(c3ccccc3)c3cccc4ccccc34)cc(-n3c4ccccc4c4ccccc43)c2)c2cccc3ccccc23)cc1. The van der Waals surface area contributed by atoms with Crippen molar-refractivity contribution in [2.75, 3.05) is 9.80 Å². The quantitative estimate of drug-likeness (QED) is 0.136. The zero-order valence-corrected chi connectivity index (χ0v) is 52.9. The minimum Gasteiger partial charge on any atom is -0.310 e. The van der Waals surface area contributed by atoms with Gasteiger partial charge in [0.05, 0.1) is 50.5 Å². The summed E-state index contributed by atoms with van der Waals surface area (Å²) in [5.74, 6) is 0. The van der Waals surface area contributed by atoms with Crippen LogP contribution in [0.25, 0.3) is 87.3 Å². The molecule has 0 aliphatic carbocycles. The molecule has 0 saturated carbocycles. The van der Waals surface area contributed by atoms with Crippen LogP contribution in [-0.2, 0) is 6.42 Å². The molecule has 0 bridgehead atoms. The molecule has 0 N–H and O–H groups in total.